The molecule has 2 heterocycles. The first-order valence-corrected chi connectivity index (χ1v) is 7.14. The SMILES string of the molecule is COc1ccc(NC(=O)/C=C/c2ccc(C)o2)c2cccnc12. The Balaban J connectivity index is 1.84. The Morgan fingerprint density at radius 2 is 2.13 bits per heavy atom. The number of aryl methyl sites for hydroxylation is 1. The Morgan fingerprint density at radius 1 is 1.26 bits per heavy atom. The van der Waals surface area contributed by atoms with E-state index in [0.29, 0.717) is 22.7 Å². The minimum atomic E-state index is -0.241. The van der Waals surface area contributed by atoms with E-state index in [1.54, 1.807) is 31.5 Å². The summed E-state index contributed by atoms with van der Waals surface area (Å²) in [6.45, 7) is 1.86. The van der Waals surface area contributed by atoms with Crippen LogP contribution in [-0.4, -0.2) is 18.0 Å². The van der Waals surface area contributed by atoms with Crippen molar-refractivity contribution in [3.63, 3.8) is 0 Å². The fraction of sp³-hybridized carbons (Fsp3) is 0.111. The van der Waals surface area contributed by atoms with E-state index in [1.807, 2.05) is 31.2 Å². The summed E-state index contributed by atoms with van der Waals surface area (Å²) >= 11 is 0. The van der Waals surface area contributed by atoms with Crippen LogP contribution in [0.4, 0.5) is 5.69 Å². The summed E-state index contributed by atoms with van der Waals surface area (Å²) in [6, 6.07) is 10.9. The van der Waals surface area contributed by atoms with Gasteiger partial charge in [-0.05, 0) is 49.4 Å². The molecule has 0 saturated carbocycles. The van der Waals surface area contributed by atoms with Crippen LogP contribution in [0.2, 0.25) is 0 Å². The van der Waals surface area contributed by atoms with Gasteiger partial charge >= 0.3 is 0 Å². The van der Waals surface area contributed by atoms with Gasteiger partial charge in [0.1, 0.15) is 22.8 Å². The van der Waals surface area contributed by atoms with Crippen molar-refractivity contribution in [1.82, 2.24) is 4.98 Å². The van der Waals surface area contributed by atoms with Gasteiger partial charge in [0.15, 0.2) is 0 Å². The van der Waals surface area contributed by atoms with Gasteiger partial charge in [0.2, 0.25) is 5.91 Å². The summed E-state index contributed by atoms with van der Waals surface area (Å²) in [7, 11) is 1.59. The summed E-state index contributed by atoms with van der Waals surface area (Å²) in [5, 5.41) is 3.67. The first kappa shape index (κ1) is 14.8. The molecule has 3 aromatic rings. The summed E-state index contributed by atoms with van der Waals surface area (Å²) in [5.41, 5.74) is 1.39. The lowest BCUT2D eigenvalue weighted by Gasteiger charge is -2.09. The number of rotatable bonds is 4. The Labute approximate surface area is 133 Å². The summed E-state index contributed by atoms with van der Waals surface area (Å²) in [5.74, 6) is 1.87. The molecule has 0 fully saturated rings. The summed E-state index contributed by atoms with van der Waals surface area (Å²) in [6.07, 6.45) is 4.76. The smallest absolute Gasteiger partial charge is 0.248 e. The number of anilines is 1. The minimum Gasteiger partial charge on any atom is -0.494 e. The van der Waals surface area contributed by atoms with Gasteiger partial charge in [-0.2, -0.15) is 0 Å². The van der Waals surface area contributed by atoms with Gasteiger partial charge in [-0.1, -0.05) is 0 Å². The molecule has 23 heavy (non-hydrogen) atoms. The molecule has 1 N–H and O–H groups in total. The van der Waals surface area contributed by atoms with Crippen LogP contribution < -0.4 is 10.1 Å². The van der Waals surface area contributed by atoms with Crippen molar-refractivity contribution in [3.05, 3.63) is 60.2 Å². The highest BCUT2D eigenvalue weighted by atomic mass is 16.5. The van der Waals surface area contributed by atoms with Crippen LogP contribution in [0, 0.1) is 6.92 Å². The number of hydrogen-bond donors (Lipinski definition) is 1. The molecular formula is C18H16N2O3. The van der Waals surface area contributed by atoms with Gasteiger partial charge in [0.05, 0.1) is 12.8 Å². The first-order valence-electron chi connectivity index (χ1n) is 7.14. The second-order valence-corrected chi connectivity index (χ2v) is 4.99. The summed E-state index contributed by atoms with van der Waals surface area (Å²) in [4.78, 5) is 16.4. The van der Waals surface area contributed by atoms with Gasteiger partial charge in [0.25, 0.3) is 0 Å². The van der Waals surface area contributed by atoms with Crippen LogP contribution >= 0.6 is 0 Å². The van der Waals surface area contributed by atoms with Crippen LogP contribution in [-0.2, 0) is 4.79 Å². The maximum absolute atomic E-state index is 12.1. The number of aromatic nitrogens is 1. The quantitative estimate of drug-likeness (QED) is 0.745. The number of methoxy groups -OCH3 is 1. The molecule has 0 radical (unpaired) electrons. The van der Waals surface area contributed by atoms with Crippen molar-refractivity contribution in [1.29, 1.82) is 0 Å². The van der Waals surface area contributed by atoms with E-state index in [0.717, 1.165) is 11.1 Å². The van der Waals surface area contributed by atoms with E-state index >= 15 is 0 Å². The van der Waals surface area contributed by atoms with E-state index in [-0.39, 0.29) is 5.91 Å². The number of carbonyl (C=O) groups is 1. The number of benzene rings is 1. The highest BCUT2D eigenvalue weighted by Gasteiger charge is 2.08. The molecule has 0 atom stereocenters. The van der Waals surface area contributed by atoms with Gasteiger partial charge in [-0.3, -0.25) is 9.78 Å². The van der Waals surface area contributed by atoms with Gasteiger partial charge < -0.3 is 14.5 Å². The number of hydrogen-bond acceptors (Lipinski definition) is 4. The van der Waals surface area contributed by atoms with Gasteiger partial charge in [-0.25, -0.2) is 0 Å². The molecule has 5 nitrogen and oxygen atoms in total. The largest absolute Gasteiger partial charge is 0.494 e. The summed E-state index contributed by atoms with van der Waals surface area (Å²) < 4.78 is 10.7. The zero-order valence-electron chi connectivity index (χ0n) is 12.9. The normalized spacial score (nSPS) is 11.0. The lowest BCUT2D eigenvalue weighted by atomic mass is 10.1. The van der Waals surface area contributed by atoms with Crippen molar-refractivity contribution < 1.29 is 13.9 Å². The number of nitrogens with zero attached hydrogens (tertiary/aromatic N) is 1. The second kappa shape index (κ2) is 6.36. The lowest BCUT2D eigenvalue weighted by Crippen LogP contribution is -2.08. The fourth-order valence-electron chi connectivity index (χ4n) is 2.30. The minimum absolute atomic E-state index is 0.241. The molecule has 0 aliphatic rings. The molecule has 0 aliphatic carbocycles. The molecule has 0 spiro atoms. The van der Waals surface area contributed by atoms with E-state index in [2.05, 4.69) is 10.3 Å². The maximum Gasteiger partial charge on any atom is 0.248 e. The van der Waals surface area contributed by atoms with E-state index in [4.69, 9.17) is 9.15 Å². The third-order valence-corrected chi connectivity index (χ3v) is 3.37. The molecular weight excluding hydrogens is 292 g/mol. The molecule has 1 amide bonds. The Hall–Kier alpha value is -3.08. The van der Waals surface area contributed by atoms with Crippen LogP contribution in [0.25, 0.3) is 17.0 Å². The Bertz CT molecular complexity index is 881. The van der Waals surface area contributed by atoms with Gasteiger partial charge in [0, 0.05) is 17.7 Å². The van der Waals surface area contributed by atoms with Crippen LogP contribution in [0.5, 0.6) is 5.75 Å². The van der Waals surface area contributed by atoms with Crippen LogP contribution in [0.15, 0.2) is 53.1 Å². The van der Waals surface area contributed by atoms with Crippen LogP contribution in [0.3, 0.4) is 0 Å². The second-order valence-electron chi connectivity index (χ2n) is 4.99. The van der Waals surface area contributed by atoms with Gasteiger partial charge in [-0.15, -0.1) is 0 Å². The number of carbonyl (C=O) groups excluding carboxylic acids is 1. The third-order valence-electron chi connectivity index (χ3n) is 3.37. The van der Waals surface area contributed by atoms with Crippen molar-refractivity contribution >= 4 is 28.6 Å². The Kier molecular flexibility index (Phi) is 4.10. The number of pyridine rings is 1. The molecule has 2 aromatic heterocycles. The average molecular weight is 308 g/mol. The highest BCUT2D eigenvalue weighted by molar-refractivity contribution is 6.07. The third kappa shape index (κ3) is 3.23. The highest BCUT2D eigenvalue weighted by Crippen LogP contribution is 2.29. The molecule has 0 saturated heterocycles. The number of amides is 1. The van der Waals surface area contributed by atoms with E-state index in [9.17, 15) is 4.79 Å². The number of furan rings is 1. The molecule has 1 aromatic carbocycles. The molecule has 0 unspecified atom stereocenters. The number of ether oxygens (including phenoxy) is 1. The zero-order chi connectivity index (χ0) is 16.2. The van der Waals surface area contributed by atoms with Crippen molar-refractivity contribution in [2.75, 3.05) is 12.4 Å². The first-order chi connectivity index (χ1) is 11.2. The lowest BCUT2D eigenvalue weighted by molar-refractivity contribution is -0.111. The van der Waals surface area contributed by atoms with Crippen molar-refractivity contribution in [3.8, 4) is 5.75 Å². The number of nitrogens with one attached hydrogen (secondary N) is 1. The monoisotopic (exact) mass is 308 g/mol. The van der Waals surface area contributed by atoms with Crippen molar-refractivity contribution in [2.45, 2.75) is 6.92 Å². The average Bonchev–Trinajstić information content (AvgIpc) is 2.99. The zero-order valence-corrected chi connectivity index (χ0v) is 12.9. The topological polar surface area (TPSA) is 64.4 Å². The van der Waals surface area contributed by atoms with Crippen LogP contribution in [0.1, 0.15) is 11.5 Å². The number of fused-ring (bicyclic) bond motifs is 1. The molecule has 0 aliphatic heterocycles. The molecule has 0 bridgehead atoms. The fourth-order valence-corrected chi connectivity index (χ4v) is 2.30. The van der Waals surface area contributed by atoms with E-state index < -0.39 is 0 Å². The standard InChI is InChI=1S/C18H16N2O3/c1-12-5-6-13(23-12)7-10-17(21)20-15-8-9-16(22-2)18-14(15)4-3-11-19-18/h3-11H,1-2H3,(H,20,21)/b10-7+. The molecule has 3 rings (SSSR count). The van der Waals surface area contributed by atoms with E-state index in [1.165, 1.54) is 6.08 Å². The predicted octanol–water partition coefficient (Wildman–Crippen LogP) is 3.80. The molecule has 5 heteroatoms. The maximum atomic E-state index is 12.1. The van der Waals surface area contributed by atoms with Crippen molar-refractivity contribution in [2.24, 2.45) is 0 Å². The predicted molar refractivity (Wildman–Crippen MR) is 89.4 cm³/mol. The Morgan fingerprint density at radius 3 is 2.87 bits per heavy atom. The molecule has 116 valence electrons.